The molecule has 0 spiro atoms. The van der Waals surface area contributed by atoms with E-state index < -0.39 is 0 Å². The molecule has 5 heteroatoms. The molecule has 3 heterocycles. The van der Waals surface area contributed by atoms with Crippen LogP contribution in [0.3, 0.4) is 0 Å². The predicted octanol–water partition coefficient (Wildman–Crippen LogP) is 2.21. The summed E-state index contributed by atoms with van der Waals surface area (Å²) in [6, 6.07) is 6.08. The molecule has 1 aliphatic rings. The summed E-state index contributed by atoms with van der Waals surface area (Å²) in [5, 5.41) is 3.16. The Morgan fingerprint density at radius 2 is 2.19 bits per heavy atom. The number of aryl methyl sites for hydroxylation is 1. The van der Waals surface area contributed by atoms with Crippen LogP contribution in [0, 0.1) is 6.92 Å². The molecule has 5 nitrogen and oxygen atoms in total. The van der Waals surface area contributed by atoms with Crippen molar-refractivity contribution in [2.45, 2.75) is 25.8 Å². The van der Waals surface area contributed by atoms with E-state index in [0.29, 0.717) is 5.92 Å². The Kier molecular flexibility index (Phi) is 4.10. The average molecular weight is 283 g/mol. The number of pyridine rings is 1. The number of aromatic nitrogens is 3. The van der Waals surface area contributed by atoms with Gasteiger partial charge in [-0.3, -0.25) is 4.90 Å². The molecule has 1 fully saturated rings. The minimum absolute atomic E-state index is 0.444. The molecular weight excluding hydrogens is 262 g/mol. The highest BCUT2D eigenvalue weighted by molar-refractivity contribution is 5.42. The molecule has 1 atom stereocenters. The zero-order chi connectivity index (χ0) is 14.7. The van der Waals surface area contributed by atoms with Gasteiger partial charge in [0.15, 0.2) is 0 Å². The largest absolute Gasteiger partial charge is 0.373 e. The lowest BCUT2D eigenvalue weighted by atomic mass is 10.1. The molecule has 0 bridgehead atoms. The fraction of sp³-hybridized carbons (Fsp3) is 0.438. The van der Waals surface area contributed by atoms with E-state index in [4.69, 9.17) is 0 Å². The Morgan fingerprint density at radius 3 is 3.00 bits per heavy atom. The maximum Gasteiger partial charge on any atom is 0.132 e. The average Bonchev–Trinajstić information content (AvgIpc) is 2.96. The first-order chi connectivity index (χ1) is 10.3. The smallest absolute Gasteiger partial charge is 0.132 e. The number of rotatable bonds is 4. The molecule has 0 unspecified atom stereocenters. The summed E-state index contributed by atoms with van der Waals surface area (Å²) in [4.78, 5) is 15.8. The third-order valence-electron chi connectivity index (χ3n) is 3.97. The molecule has 1 N–H and O–H groups in total. The van der Waals surface area contributed by atoms with Gasteiger partial charge >= 0.3 is 0 Å². The second kappa shape index (κ2) is 6.18. The van der Waals surface area contributed by atoms with E-state index in [1.807, 2.05) is 38.5 Å². The summed E-state index contributed by atoms with van der Waals surface area (Å²) in [7, 11) is 1.92. The van der Waals surface area contributed by atoms with Crippen molar-refractivity contribution in [3.63, 3.8) is 0 Å². The molecule has 1 saturated heterocycles. The first-order valence-electron chi connectivity index (χ1n) is 7.40. The normalized spacial score (nSPS) is 18.9. The van der Waals surface area contributed by atoms with Gasteiger partial charge in [0.2, 0.25) is 0 Å². The third-order valence-corrected chi connectivity index (χ3v) is 3.97. The first-order valence-corrected chi connectivity index (χ1v) is 7.40. The van der Waals surface area contributed by atoms with Crippen LogP contribution in [0.5, 0.6) is 0 Å². The summed E-state index contributed by atoms with van der Waals surface area (Å²) >= 11 is 0. The van der Waals surface area contributed by atoms with Gasteiger partial charge in [0.05, 0.1) is 0 Å². The number of hydrogen-bond donors (Lipinski definition) is 1. The van der Waals surface area contributed by atoms with Gasteiger partial charge in [0.1, 0.15) is 11.6 Å². The lowest BCUT2D eigenvalue weighted by molar-refractivity contribution is 0.326. The van der Waals surface area contributed by atoms with Crippen molar-refractivity contribution >= 4 is 5.82 Å². The van der Waals surface area contributed by atoms with Crippen LogP contribution in [-0.4, -0.2) is 40.0 Å². The van der Waals surface area contributed by atoms with E-state index in [9.17, 15) is 0 Å². The zero-order valence-corrected chi connectivity index (χ0v) is 12.6. The Balaban J connectivity index is 1.67. The lowest BCUT2D eigenvalue weighted by Crippen LogP contribution is -2.21. The molecule has 0 amide bonds. The predicted molar refractivity (Wildman–Crippen MR) is 83.2 cm³/mol. The van der Waals surface area contributed by atoms with Crippen molar-refractivity contribution in [3.8, 4) is 0 Å². The number of anilines is 1. The van der Waals surface area contributed by atoms with Crippen molar-refractivity contribution in [1.82, 2.24) is 19.9 Å². The van der Waals surface area contributed by atoms with E-state index in [0.717, 1.165) is 43.4 Å². The summed E-state index contributed by atoms with van der Waals surface area (Å²) in [5.41, 5.74) is 2.29. The van der Waals surface area contributed by atoms with Gasteiger partial charge in [0, 0.05) is 49.7 Å². The van der Waals surface area contributed by atoms with E-state index in [2.05, 4.69) is 31.2 Å². The Labute approximate surface area is 125 Å². The minimum atomic E-state index is 0.444. The van der Waals surface area contributed by atoms with Crippen LogP contribution in [0.4, 0.5) is 5.82 Å². The Bertz CT molecular complexity index is 613. The van der Waals surface area contributed by atoms with Crippen LogP contribution in [-0.2, 0) is 6.54 Å². The minimum Gasteiger partial charge on any atom is -0.373 e. The number of hydrogen-bond acceptors (Lipinski definition) is 5. The van der Waals surface area contributed by atoms with Crippen molar-refractivity contribution in [2.24, 2.45) is 0 Å². The molecule has 110 valence electrons. The fourth-order valence-electron chi connectivity index (χ4n) is 2.88. The van der Waals surface area contributed by atoms with Gasteiger partial charge in [-0.1, -0.05) is 6.07 Å². The molecule has 0 saturated carbocycles. The molecule has 2 aromatic rings. The van der Waals surface area contributed by atoms with Crippen molar-refractivity contribution < 1.29 is 0 Å². The van der Waals surface area contributed by atoms with Crippen molar-refractivity contribution in [1.29, 1.82) is 0 Å². The maximum absolute atomic E-state index is 4.57. The molecule has 3 rings (SSSR count). The van der Waals surface area contributed by atoms with Crippen LogP contribution in [0.2, 0.25) is 0 Å². The summed E-state index contributed by atoms with van der Waals surface area (Å²) in [6.45, 7) is 5.04. The number of nitrogens with one attached hydrogen (secondary N) is 1. The number of likely N-dealkylation sites (tertiary alicyclic amines) is 1. The van der Waals surface area contributed by atoms with Crippen molar-refractivity contribution in [2.75, 3.05) is 25.5 Å². The molecular formula is C16H21N5. The Hall–Kier alpha value is -2.01. The highest BCUT2D eigenvalue weighted by Crippen LogP contribution is 2.26. The highest BCUT2D eigenvalue weighted by Gasteiger charge is 2.26. The molecule has 0 radical (unpaired) electrons. The number of nitrogens with zero attached hydrogens (tertiary/aromatic N) is 4. The molecule has 21 heavy (non-hydrogen) atoms. The Morgan fingerprint density at radius 1 is 1.29 bits per heavy atom. The maximum atomic E-state index is 4.57. The zero-order valence-electron chi connectivity index (χ0n) is 12.6. The molecule has 0 aliphatic carbocycles. The first kappa shape index (κ1) is 13.9. The van der Waals surface area contributed by atoms with Gasteiger partial charge in [-0.25, -0.2) is 15.0 Å². The fourth-order valence-corrected chi connectivity index (χ4v) is 2.88. The SMILES string of the molecule is CNc1ncccc1CN1CC[C@H](c2nccc(C)n2)C1. The summed E-state index contributed by atoms with van der Waals surface area (Å²) < 4.78 is 0. The van der Waals surface area contributed by atoms with Crippen LogP contribution in [0.25, 0.3) is 0 Å². The van der Waals surface area contributed by atoms with E-state index in [1.54, 1.807) is 0 Å². The van der Waals surface area contributed by atoms with Crippen LogP contribution >= 0.6 is 0 Å². The lowest BCUT2D eigenvalue weighted by Gasteiger charge is -2.17. The van der Waals surface area contributed by atoms with E-state index in [-0.39, 0.29) is 0 Å². The van der Waals surface area contributed by atoms with Crippen molar-refractivity contribution in [3.05, 3.63) is 47.7 Å². The molecule has 1 aliphatic heterocycles. The van der Waals surface area contributed by atoms with Crippen LogP contribution in [0.15, 0.2) is 30.6 Å². The molecule has 0 aromatic carbocycles. The standard InChI is InChI=1S/C16H21N5/c1-12-5-8-19-16(20-12)14-6-9-21(11-14)10-13-4-3-7-18-15(13)17-2/h3-5,7-8,14H,6,9-11H2,1-2H3,(H,17,18)/t14-/m0/s1. The van der Waals surface area contributed by atoms with Crippen LogP contribution < -0.4 is 5.32 Å². The van der Waals surface area contributed by atoms with Gasteiger partial charge in [-0.05, 0) is 32.0 Å². The van der Waals surface area contributed by atoms with Gasteiger partial charge < -0.3 is 5.32 Å². The van der Waals surface area contributed by atoms with E-state index >= 15 is 0 Å². The van der Waals surface area contributed by atoms with Crippen LogP contribution in [0.1, 0.15) is 29.4 Å². The summed E-state index contributed by atoms with van der Waals surface area (Å²) in [6.07, 6.45) is 4.81. The summed E-state index contributed by atoms with van der Waals surface area (Å²) in [5.74, 6) is 2.39. The third kappa shape index (κ3) is 3.19. The topological polar surface area (TPSA) is 53.9 Å². The van der Waals surface area contributed by atoms with Gasteiger partial charge in [-0.2, -0.15) is 0 Å². The molecule has 2 aromatic heterocycles. The quantitative estimate of drug-likeness (QED) is 0.932. The van der Waals surface area contributed by atoms with E-state index in [1.165, 1.54) is 5.56 Å². The van der Waals surface area contributed by atoms with Gasteiger partial charge in [-0.15, -0.1) is 0 Å². The monoisotopic (exact) mass is 283 g/mol. The highest BCUT2D eigenvalue weighted by atomic mass is 15.2. The van der Waals surface area contributed by atoms with Gasteiger partial charge in [0.25, 0.3) is 0 Å². The second-order valence-electron chi connectivity index (χ2n) is 5.54. The second-order valence-corrected chi connectivity index (χ2v) is 5.54.